The summed E-state index contributed by atoms with van der Waals surface area (Å²) in [4.78, 5) is 0. The van der Waals surface area contributed by atoms with Gasteiger partial charge in [0.1, 0.15) is 0 Å². The van der Waals surface area contributed by atoms with Crippen LogP contribution in [0, 0.1) is 11.8 Å². The van der Waals surface area contributed by atoms with Gasteiger partial charge in [0.15, 0.2) is 0 Å². The van der Waals surface area contributed by atoms with Gasteiger partial charge in [-0.15, -0.1) is 0 Å². The summed E-state index contributed by atoms with van der Waals surface area (Å²) in [5.41, 5.74) is 0. The van der Waals surface area contributed by atoms with Crippen molar-refractivity contribution in [1.82, 2.24) is 0 Å². The highest BCUT2D eigenvalue weighted by Gasteiger charge is 2.17. The van der Waals surface area contributed by atoms with E-state index in [0.717, 1.165) is 17.1 Å². The molecule has 0 saturated heterocycles. The molecule has 0 radical (unpaired) electrons. The van der Waals surface area contributed by atoms with Crippen LogP contribution >= 0.6 is 11.8 Å². The fourth-order valence-electron chi connectivity index (χ4n) is 1.29. The van der Waals surface area contributed by atoms with Crippen LogP contribution in [-0.2, 0) is 0 Å². The predicted octanol–water partition coefficient (Wildman–Crippen LogP) is 4.20. The minimum atomic E-state index is 0.833. The van der Waals surface area contributed by atoms with Crippen LogP contribution in [0.3, 0.4) is 0 Å². The van der Waals surface area contributed by atoms with Gasteiger partial charge in [-0.25, -0.2) is 0 Å². The Bertz CT molecular complexity index is 101. The summed E-state index contributed by atoms with van der Waals surface area (Å²) in [5, 5.41) is 0.833. The number of hydrogen-bond acceptors (Lipinski definition) is 1. The third-order valence-corrected chi connectivity index (χ3v) is 4.47. The van der Waals surface area contributed by atoms with Crippen LogP contribution in [-0.4, -0.2) is 11.0 Å². The molecule has 0 amide bonds. The van der Waals surface area contributed by atoms with Gasteiger partial charge in [0, 0.05) is 5.25 Å². The first-order chi connectivity index (χ1) is 5.63. The molecule has 3 atom stereocenters. The smallest absolute Gasteiger partial charge is 0.00468 e. The van der Waals surface area contributed by atoms with E-state index in [-0.39, 0.29) is 0 Å². The van der Waals surface area contributed by atoms with Crippen LogP contribution in [0.2, 0.25) is 0 Å². The van der Waals surface area contributed by atoms with Crippen LogP contribution < -0.4 is 0 Å². The van der Waals surface area contributed by atoms with E-state index in [1.54, 1.807) is 0 Å². The van der Waals surface area contributed by atoms with Gasteiger partial charge in [0.25, 0.3) is 0 Å². The largest absolute Gasteiger partial charge is 0.159 e. The Balaban J connectivity index is 3.67. The summed E-state index contributed by atoms with van der Waals surface area (Å²) in [7, 11) is 0. The van der Waals surface area contributed by atoms with Crippen molar-refractivity contribution < 1.29 is 0 Å². The molecule has 74 valence electrons. The van der Waals surface area contributed by atoms with Crippen molar-refractivity contribution in [2.45, 2.75) is 52.7 Å². The molecule has 0 heterocycles. The fraction of sp³-hybridized carbons (Fsp3) is 1.00. The molecule has 0 rings (SSSR count). The second kappa shape index (κ2) is 6.82. The zero-order chi connectivity index (χ0) is 9.56. The van der Waals surface area contributed by atoms with Crippen LogP contribution in [0.15, 0.2) is 0 Å². The monoisotopic (exact) mass is 188 g/mol. The first-order valence-corrected chi connectivity index (χ1v) is 6.29. The highest BCUT2D eigenvalue weighted by molar-refractivity contribution is 7.99. The van der Waals surface area contributed by atoms with Crippen molar-refractivity contribution >= 4 is 11.8 Å². The molecule has 0 nitrogen and oxygen atoms in total. The first kappa shape index (κ1) is 12.3. The van der Waals surface area contributed by atoms with Gasteiger partial charge in [0.2, 0.25) is 0 Å². The molecule has 0 aromatic heterocycles. The Kier molecular flexibility index (Phi) is 7.02. The lowest BCUT2D eigenvalue weighted by Gasteiger charge is -2.24. The van der Waals surface area contributed by atoms with Gasteiger partial charge in [-0.3, -0.25) is 0 Å². The van der Waals surface area contributed by atoms with E-state index in [2.05, 4.69) is 46.4 Å². The van der Waals surface area contributed by atoms with Crippen molar-refractivity contribution in [1.29, 1.82) is 0 Å². The highest BCUT2D eigenvalue weighted by Crippen LogP contribution is 2.27. The first-order valence-electron chi connectivity index (χ1n) is 5.25. The van der Waals surface area contributed by atoms with Gasteiger partial charge in [-0.1, -0.05) is 41.0 Å². The Labute approximate surface area is 82.5 Å². The van der Waals surface area contributed by atoms with Gasteiger partial charge < -0.3 is 0 Å². The fourth-order valence-corrected chi connectivity index (χ4v) is 2.47. The van der Waals surface area contributed by atoms with Crippen molar-refractivity contribution in [2.24, 2.45) is 11.8 Å². The molecule has 0 aliphatic rings. The minimum Gasteiger partial charge on any atom is -0.159 e. The molecule has 12 heavy (non-hydrogen) atoms. The molecule has 1 heteroatoms. The Morgan fingerprint density at radius 2 is 1.67 bits per heavy atom. The van der Waals surface area contributed by atoms with Crippen LogP contribution in [0.4, 0.5) is 0 Å². The molecule has 0 spiro atoms. The molecule has 0 fully saturated rings. The maximum absolute atomic E-state index is 2.39. The second-order valence-corrected chi connectivity index (χ2v) is 5.31. The van der Waals surface area contributed by atoms with Crippen LogP contribution in [0.1, 0.15) is 47.5 Å². The lowest BCUT2D eigenvalue weighted by atomic mass is 9.91. The van der Waals surface area contributed by atoms with E-state index >= 15 is 0 Å². The van der Waals surface area contributed by atoms with E-state index in [9.17, 15) is 0 Å². The minimum absolute atomic E-state index is 0.833. The molecule has 0 aliphatic heterocycles. The summed E-state index contributed by atoms with van der Waals surface area (Å²) in [5.74, 6) is 3.07. The molecular formula is C11H24S. The van der Waals surface area contributed by atoms with Gasteiger partial charge in [0.05, 0.1) is 0 Å². The van der Waals surface area contributed by atoms with E-state index in [1.807, 2.05) is 0 Å². The summed E-state index contributed by atoms with van der Waals surface area (Å²) < 4.78 is 0. The number of thioether (sulfide) groups is 1. The van der Waals surface area contributed by atoms with Crippen LogP contribution in [0.25, 0.3) is 0 Å². The normalized spacial score (nSPS) is 18.8. The predicted molar refractivity (Wildman–Crippen MR) is 60.8 cm³/mol. The molecule has 0 saturated carbocycles. The Morgan fingerprint density at radius 3 is 2.08 bits per heavy atom. The molecule has 3 unspecified atom stereocenters. The lowest BCUT2D eigenvalue weighted by Crippen LogP contribution is -2.18. The maximum Gasteiger partial charge on any atom is 0.00468 e. The van der Waals surface area contributed by atoms with Crippen molar-refractivity contribution in [3.8, 4) is 0 Å². The quantitative estimate of drug-likeness (QED) is 0.602. The van der Waals surface area contributed by atoms with Crippen molar-refractivity contribution in [3.05, 3.63) is 0 Å². The van der Waals surface area contributed by atoms with E-state index in [0.29, 0.717) is 0 Å². The summed E-state index contributed by atoms with van der Waals surface area (Å²) in [6, 6.07) is 0. The third-order valence-electron chi connectivity index (χ3n) is 2.87. The average Bonchev–Trinajstić information content (AvgIpc) is 2.11. The third kappa shape index (κ3) is 4.39. The van der Waals surface area contributed by atoms with Crippen LogP contribution in [0.5, 0.6) is 0 Å². The molecule has 0 bridgehead atoms. The lowest BCUT2D eigenvalue weighted by molar-refractivity contribution is 0.375. The Hall–Kier alpha value is 0.350. The van der Waals surface area contributed by atoms with Gasteiger partial charge in [-0.05, 0) is 24.0 Å². The summed E-state index contributed by atoms with van der Waals surface area (Å²) >= 11 is 2.13. The standard InChI is InChI=1S/C11H24S/c1-6-8-12-11(5)10(4)9(3)7-2/h9-11H,6-8H2,1-5H3. The van der Waals surface area contributed by atoms with E-state index in [4.69, 9.17) is 0 Å². The zero-order valence-corrected chi connectivity index (χ0v) is 10.1. The topological polar surface area (TPSA) is 0 Å². The number of rotatable bonds is 6. The van der Waals surface area contributed by atoms with E-state index < -0.39 is 0 Å². The second-order valence-electron chi connectivity index (χ2n) is 3.82. The van der Waals surface area contributed by atoms with Crippen molar-refractivity contribution in [3.63, 3.8) is 0 Å². The Morgan fingerprint density at radius 1 is 1.08 bits per heavy atom. The molecule has 0 aromatic rings. The van der Waals surface area contributed by atoms with Crippen molar-refractivity contribution in [2.75, 3.05) is 5.75 Å². The van der Waals surface area contributed by atoms with Gasteiger partial charge >= 0.3 is 0 Å². The molecular weight excluding hydrogens is 164 g/mol. The highest BCUT2D eigenvalue weighted by atomic mass is 32.2. The average molecular weight is 188 g/mol. The molecule has 0 aromatic carbocycles. The summed E-state index contributed by atoms with van der Waals surface area (Å²) in [6.45, 7) is 11.7. The molecule has 0 aliphatic carbocycles. The summed E-state index contributed by atoms with van der Waals surface area (Å²) in [6.07, 6.45) is 2.63. The zero-order valence-electron chi connectivity index (χ0n) is 9.26. The van der Waals surface area contributed by atoms with Gasteiger partial charge in [-0.2, -0.15) is 11.8 Å². The number of hydrogen-bond donors (Lipinski definition) is 0. The SMILES string of the molecule is CCCSC(C)C(C)C(C)CC. The van der Waals surface area contributed by atoms with E-state index in [1.165, 1.54) is 18.6 Å². The maximum atomic E-state index is 2.39. The molecule has 0 N–H and O–H groups in total.